The van der Waals surface area contributed by atoms with Crippen LogP contribution >= 0.6 is 0 Å². The predicted octanol–water partition coefficient (Wildman–Crippen LogP) is 8.20. The molecule has 2 aliphatic carbocycles. The summed E-state index contributed by atoms with van der Waals surface area (Å²) in [5.41, 5.74) is 0. The summed E-state index contributed by atoms with van der Waals surface area (Å²) in [6.45, 7) is 5.87. The first-order chi connectivity index (χ1) is 24.9. The molecule has 0 bridgehead atoms. The molecule has 10 heteroatoms. The monoisotopic (exact) mass is 720 g/mol. The molecule has 0 aromatic rings. The fourth-order valence-corrected chi connectivity index (χ4v) is 7.86. The average Bonchev–Trinajstić information content (AvgIpc) is 4.07. The highest BCUT2D eigenvalue weighted by molar-refractivity contribution is 5.83. The van der Waals surface area contributed by atoms with Crippen molar-refractivity contribution in [2.45, 2.75) is 186 Å². The third kappa shape index (κ3) is 15.0. The molecule has 4 fully saturated rings. The standard InChI is InChI=1S/C41H68O10/c1-3-5-7-9-11-14-18-22-46-38(42)30-26-34-36(50-34)28-32(30)40(44)48-24-20-16-13-17-21-25-49-41(45)33-29-37-35(51-37)27-31(33)39(43)47-23-19-15-12-10-8-6-4-2/h30-37H,3-29H2,1-2H3. The number of ether oxygens (including phenoxy) is 6. The van der Waals surface area contributed by atoms with Crippen LogP contribution in [0.5, 0.6) is 0 Å². The van der Waals surface area contributed by atoms with Crippen molar-refractivity contribution >= 4 is 23.9 Å². The third-order valence-corrected chi connectivity index (χ3v) is 11.3. The maximum absolute atomic E-state index is 13.0. The SMILES string of the molecule is CCCCCCCCCOC(=O)C1CC2OC2CC1C(=O)OCCCCCCCOC(=O)C1CC2OC2CC1C(=O)OCCCCCCCCC. The Kier molecular flexibility index (Phi) is 19.1. The van der Waals surface area contributed by atoms with Gasteiger partial charge in [0, 0.05) is 0 Å². The Balaban J connectivity index is 1.02. The topological polar surface area (TPSA) is 130 Å². The summed E-state index contributed by atoms with van der Waals surface area (Å²) >= 11 is 0. The van der Waals surface area contributed by atoms with Crippen LogP contribution in [0.2, 0.25) is 0 Å². The molecule has 2 aliphatic heterocycles. The average molecular weight is 721 g/mol. The first-order valence-electron chi connectivity index (χ1n) is 20.9. The zero-order chi connectivity index (χ0) is 36.3. The lowest BCUT2D eigenvalue weighted by atomic mass is 9.79. The van der Waals surface area contributed by atoms with Crippen LogP contribution in [0, 0.1) is 23.7 Å². The molecule has 4 rings (SSSR count). The van der Waals surface area contributed by atoms with E-state index >= 15 is 0 Å². The van der Waals surface area contributed by atoms with E-state index in [4.69, 9.17) is 28.4 Å². The van der Waals surface area contributed by atoms with Crippen molar-refractivity contribution in [1.82, 2.24) is 0 Å². The van der Waals surface area contributed by atoms with Gasteiger partial charge >= 0.3 is 23.9 Å². The first-order valence-corrected chi connectivity index (χ1v) is 20.9. The molecular weight excluding hydrogens is 652 g/mol. The van der Waals surface area contributed by atoms with E-state index < -0.39 is 23.7 Å². The highest BCUT2D eigenvalue weighted by Gasteiger charge is 2.54. The van der Waals surface area contributed by atoms with Gasteiger partial charge in [-0.15, -0.1) is 0 Å². The molecule has 0 radical (unpaired) electrons. The number of hydrogen-bond donors (Lipinski definition) is 0. The number of carbonyl (C=O) groups excluding carboxylic acids is 4. The molecule has 2 saturated carbocycles. The summed E-state index contributed by atoms with van der Waals surface area (Å²) < 4.78 is 33.7. The molecule has 0 amide bonds. The molecule has 0 aromatic heterocycles. The number of rotatable bonds is 28. The lowest BCUT2D eigenvalue weighted by Crippen LogP contribution is -2.38. The molecule has 0 N–H and O–H groups in total. The summed E-state index contributed by atoms with van der Waals surface area (Å²) in [6.07, 6.45) is 22.7. The van der Waals surface area contributed by atoms with Gasteiger partial charge < -0.3 is 28.4 Å². The van der Waals surface area contributed by atoms with E-state index in [0.29, 0.717) is 52.1 Å². The minimum absolute atomic E-state index is 0.0558. The quantitative estimate of drug-likeness (QED) is 0.0337. The maximum Gasteiger partial charge on any atom is 0.309 e. The van der Waals surface area contributed by atoms with Crippen molar-refractivity contribution in [3.63, 3.8) is 0 Å². The van der Waals surface area contributed by atoms with Crippen LogP contribution in [0.4, 0.5) is 0 Å². The van der Waals surface area contributed by atoms with E-state index in [2.05, 4.69) is 13.8 Å². The lowest BCUT2D eigenvalue weighted by Gasteiger charge is -2.26. The smallest absolute Gasteiger partial charge is 0.309 e. The summed E-state index contributed by atoms with van der Waals surface area (Å²) in [5, 5.41) is 0. The minimum Gasteiger partial charge on any atom is -0.465 e. The summed E-state index contributed by atoms with van der Waals surface area (Å²) in [5.74, 6) is -3.21. The summed E-state index contributed by atoms with van der Waals surface area (Å²) in [4.78, 5) is 51.8. The summed E-state index contributed by atoms with van der Waals surface area (Å²) in [6, 6.07) is 0. The van der Waals surface area contributed by atoms with E-state index in [9.17, 15) is 19.2 Å². The second-order valence-corrected chi connectivity index (χ2v) is 15.5. The van der Waals surface area contributed by atoms with Crippen molar-refractivity contribution in [2.24, 2.45) is 23.7 Å². The van der Waals surface area contributed by atoms with E-state index in [1.54, 1.807) is 0 Å². The predicted molar refractivity (Wildman–Crippen MR) is 193 cm³/mol. The van der Waals surface area contributed by atoms with Gasteiger partial charge in [-0.25, -0.2) is 0 Å². The van der Waals surface area contributed by atoms with Gasteiger partial charge in [0.2, 0.25) is 0 Å². The van der Waals surface area contributed by atoms with E-state index in [1.165, 1.54) is 51.4 Å². The van der Waals surface area contributed by atoms with E-state index in [0.717, 1.165) is 70.6 Å². The van der Waals surface area contributed by atoms with Crippen molar-refractivity contribution < 1.29 is 47.6 Å². The van der Waals surface area contributed by atoms with Gasteiger partial charge in [0.1, 0.15) is 0 Å². The molecule has 0 aromatic carbocycles. The molecule has 292 valence electrons. The minimum atomic E-state index is -0.502. The molecule has 2 heterocycles. The van der Waals surface area contributed by atoms with Gasteiger partial charge in [-0.3, -0.25) is 19.2 Å². The third-order valence-electron chi connectivity index (χ3n) is 11.3. The Morgan fingerprint density at radius 2 is 0.588 bits per heavy atom. The summed E-state index contributed by atoms with van der Waals surface area (Å²) in [7, 11) is 0. The van der Waals surface area contributed by atoms with E-state index in [-0.39, 0.29) is 48.3 Å². The van der Waals surface area contributed by atoms with E-state index in [1.807, 2.05) is 0 Å². The Hall–Kier alpha value is -2.20. The first kappa shape index (κ1) is 41.6. The van der Waals surface area contributed by atoms with Gasteiger partial charge in [0.25, 0.3) is 0 Å². The Bertz CT molecular complexity index is 967. The second-order valence-electron chi connectivity index (χ2n) is 15.5. The molecule has 0 spiro atoms. The van der Waals surface area contributed by atoms with Crippen LogP contribution < -0.4 is 0 Å². The van der Waals surface area contributed by atoms with Crippen LogP contribution in [0.3, 0.4) is 0 Å². The van der Waals surface area contributed by atoms with Crippen molar-refractivity contribution in [3.05, 3.63) is 0 Å². The molecular formula is C41H68O10. The molecule has 8 atom stereocenters. The number of epoxide rings is 2. The molecule has 51 heavy (non-hydrogen) atoms. The Labute approximate surface area is 307 Å². The zero-order valence-corrected chi connectivity index (χ0v) is 31.8. The van der Waals surface area contributed by atoms with Gasteiger partial charge in [-0.2, -0.15) is 0 Å². The number of unbranched alkanes of at least 4 members (excludes halogenated alkanes) is 16. The van der Waals surface area contributed by atoms with Crippen molar-refractivity contribution in [2.75, 3.05) is 26.4 Å². The zero-order valence-electron chi connectivity index (χ0n) is 31.8. The highest BCUT2D eigenvalue weighted by Crippen LogP contribution is 2.45. The fraction of sp³-hybridized carbons (Fsp3) is 0.902. The van der Waals surface area contributed by atoms with Gasteiger partial charge in [0.05, 0.1) is 74.5 Å². The largest absolute Gasteiger partial charge is 0.465 e. The van der Waals surface area contributed by atoms with Gasteiger partial charge in [0.15, 0.2) is 0 Å². The van der Waals surface area contributed by atoms with Crippen molar-refractivity contribution in [1.29, 1.82) is 0 Å². The van der Waals surface area contributed by atoms with Crippen LogP contribution in [0.1, 0.15) is 162 Å². The molecule has 8 unspecified atom stereocenters. The Morgan fingerprint density at radius 1 is 0.373 bits per heavy atom. The van der Waals surface area contributed by atoms with Crippen LogP contribution in [-0.2, 0) is 47.6 Å². The number of esters is 4. The van der Waals surface area contributed by atoms with Crippen molar-refractivity contribution in [3.8, 4) is 0 Å². The van der Waals surface area contributed by atoms with Gasteiger partial charge in [-0.1, -0.05) is 110 Å². The highest BCUT2D eigenvalue weighted by atomic mass is 16.6. The molecule has 10 nitrogen and oxygen atoms in total. The number of hydrogen-bond acceptors (Lipinski definition) is 10. The lowest BCUT2D eigenvalue weighted by molar-refractivity contribution is -0.162. The number of fused-ring (bicyclic) bond motifs is 2. The fourth-order valence-electron chi connectivity index (χ4n) is 7.86. The van der Waals surface area contributed by atoms with Crippen LogP contribution in [0.15, 0.2) is 0 Å². The second kappa shape index (κ2) is 23.5. The van der Waals surface area contributed by atoms with Crippen LogP contribution in [-0.4, -0.2) is 74.7 Å². The molecule has 2 saturated heterocycles. The molecule has 4 aliphatic rings. The van der Waals surface area contributed by atoms with Crippen LogP contribution in [0.25, 0.3) is 0 Å². The maximum atomic E-state index is 13.0. The van der Waals surface area contributed by atoms with Gasteiger partial charge in [-0.05, 0) is 51.4 Å². The number of carbonyl (C=O) groups is 4. The Morgan fingerprint density at radius 3 is 0.824 bits per heavy atom. The normalized spacial score (nSPS) is 27.5.